The van der Waals surface area contributed by atoms with E-state index in [4.69, 9.17) is 27.9 Å². The molecule has 11 heteroatoms. The molecule has 6 atom stereocenters. The quantitative estimate of drug-likeness (QED) is 0.146. The smallest absolute Gasteiger partial charge is 0.260 e. The third-order valence-corrected chi connectivity index (χ3v) is 12.1. The van der Waals surface area contributed by atoms with Crippen LogP contribution in [0.3, 0.4) is 0 Å². The van der Waals surface area contributed by atoms with Crippen LogP contribution >= 0.6 is 23.2 Å². The molecule has 268 valence electrons. The fourth-order valence-electron chi connectivity index (χ4n) is 9.09. The Morgan fingerprint density at radius 1 is 0.906 bits per heavy atom. The van der Waals surface area contributed by atoms with Gasteiger partial charge < -0.3 is 9.84 Å². The van der Waals surface area contributed by atoms with Gasteiger partial charge >= 0.3 is 0 Å². The molecule has 2 N–H and O–H groups in total. The number of allylic oxidation sites excluding steroid dienone is 2. The summed E-state index contributed by atoms with van der Waals surface area (Å²) in [5, 5.41) is 12.3. The van der Waals surface area contributed by atoms with Crippen LogP contribution in [0.25, 0.3) is 6.08 Å². The highest BCUT2D eigenvalue weighted by atomic mass is 35.5. The van der Waals surface area contributed by atoms with E-state index in [1.807, 2.05) is 24.3 Å². The minimum absolute atomic E-state index is 0.0815. The van der Waals surface area contributed by atoms with Crippen molar-refractivity contribution in [2.75, 3.05) is 17.4 Å². The van der Waals surface area contributed by atoms with Gasteiger partial charge in [0.2, 0.25) is 11.8 Å². The number of carbonyl (C=O) groups excluding carboxylic acids is 4. The largest absolute Gasteiger partial charge is 0.508 e. The number of nitrogens with one attached hydrogen (secondary N) is 1. The lowest BCUT2D eigenvalue weighted by Gasteiger charge is -2.50. The maximum absolute atomic E-state index is 15.4. The van der Waals surface area contributed by atoms with Crippen LogP contribution in [-0.4, -0.2) is 40.9 Å². The predicted octanol–water partition coefficient (Wildman–Crippen LogP) is 7.85. The van der Waals surface area contributed by atoms with Gasteiger partial charge in [-0.1, -0.05) is 83.9 Å². The van der Waals surface area contributed by atoms with Crippen LogP contribution in [0.2, 0.25) is 10.0 Å². The van der Waals surface area contributed by atoms with Gasteiger partial charge in [0, 0.05) is 10.9 Å². The van der Waals surface area contributed by atoms with Crippen LogP contribution in [0.5, 0.6) is 11.5 Å². The van der Waals surface area contributed by atoms with Gasteiger partial charge in [0.05, 0.1) is 46.7 Å². The predicted molar refractivity (Wildman–Crippen MR) is 202 cm³/mol. The molecule has 4 aromatic carbocycles. The van der Waals surface area contributed by atoms with Crippen molar-refractivity contribution in [1.82, 2.24) is 5.01 Å². The highest BCUT2D eigenvalue weighted by molar-refractivity contribution is 6.36. The first-order chi connectivity index (χ1) is 25.5. The molecular weight excluding hydrogens is 713 g/mol. The maximum Gasteiger partial charge on any atom is 0.260 e. The van der Waals surface area contributed by atoms with Gasteiger partial charge in [-0.15, -0.1) is 0 Å². The van der Waals surface area contributed by atoms with Gasteiger partial charge in [-0.2, -0.15) is 5.01 Å². The summed E-state index contributed by atoms with van der Waals surface area (Å²) < 4.78 is 5.47. The number of anilines is 2. The maximum atomic E-state index is 15.4. The molecule has 2 aliphatic carbocycles. The van der Waals surface area contributed by atoms with Crippen LogP contribution in [0.1, 0.15) is 41.0 Å². The zero-order valence-corrected chi connectivity index (χ0v) is 30.4. The average molecular weight is 749 g/mol. The number of halogens is 2. The van der Waals surface area contributed by atoms with Crippen molar-refractivity contribution in [3.8, 4) is 11.5 Å². The van der Waals surface area contributed by atoms with Crippen molar-refractivity contribution in [3.63, 3.8) is 0 Å². The monoisotopic (exact) mass is 747 g/mol. The summed E-state index contributed by atoms with van der Waals surface area (Å²) in [7, 11) is 1.55. The lowest BCUT2D eigenvalue weighted by Crippen LogP contribution is -2.53. The molecule has 2 aliphatic heterocycles. The minimum Gasteiger partial charge on any atom is -0.508 e. The number of aromatic hydroxyl groups is 1. The fraction of sp³-hybridized carbons (Fsp3) is 0.238. The number of phenols is 1. The van der Waals surface area contributed by atoms with Crippen LogP contribution in [-0.2, 0) is 24.6 Å². The first-order valence-electron chi connectivity index (χ1n) is 17.3. The molecule has 2 heterocycles. The number of hydrogen-bond donors (Lipinski definition) is 2. The summed E-state index contributed by atoms with van der Waals surface area (Å²) in [5.41, 5.74) is 5.81. The molecular formula is C42H35Cl2N3O6. The van der Waals surface area contributed by atoms with E-state index in [9.17, 15) is 19.5 Å². The van der Waals surface area contributed by atoms with Gasteiger partial charge in [-0.05, 0) is 96.5 Å². The third kappa shape index (κ3) is 5.20. The second-order valence-corrected chi connectivity index (χ2v) is 14.9. The Labute approximate surface area is 316 Å². The SMILES string of the molecule is C=Cc1ccc(N2C(=O)[C@H]3[C@H](CC=C4[C@H]3C[C@H]3C(=O)N(Nc5ccc(Cl)cc5Cl)C(=O)[C@@]3(c3ccc(OC)cc3)[C@H]4c3ccc(O)c(C)c3)C2=O)cc1. The molecule has 0 bridgehead atoms. The van der Waals surface area contributed by atoms with Gasteiger partial charge in [0.1, 0.15) is 11.5 Å². The molecule has 8 rings (SSSR count). The van der Waals surface area contributed by atoms with Gasteiger partial charge in [-0.3, -0.25) is 29.5 Å². The Balaban J connectivity index is 1.32. The van der Waals surface area contributed by atoms with E-state index in [1.54, 1.807) is 80.8 Å². The molecule has 0 spiro atoms. The number of rotatable bonds is 7. The number of aryl methyl sites for hydroxylation is 1. The molecule has 4 aromatic rings. The summed E-state index contributed by atoms with van der Waals surface area (Å²) >= 11 is 12.7. The molecule has 1 saturated carbocycles. The molecule has 4 amide bonds. The summed E-state index contributed by atoms with van der Waals surface area (Å²) in [6.07, 6.45) is 4.10. The lowest BCUT2D eigenvalue weighted by atomic mass is 9.49. The van der Waals surface area contributed by atoms with Gasteiger partial charge in [0.25, 0.3) is 11.8 Å². The first kappa shape index (κ1) is 34.7. The van der Waals surface area contributed by atoms with E-state index >= 15 is 4.79 Å². The molecule has 0 aromatic heterocycles. The molecule has 53 heavy (non-hydrogen) atoms. The van der Waals surface area contributed by atoms with Crippen molar-refractivity contribution in [3.05, 3.63) is 135 Å². The number of amides is 4. The highest BCUT2D eigenvalue weighted by Gasteiger charge is 2.70. The third-order valence-electron chi connectivity index (χ3n) is 11.5. The summed E-state index contributed by atoms with van der Waals surface area (Å²) in [6, 6.07) is 24.1. The lowest BCUT2D eigenvalue weighted by molar-refractivity contribution is -0.138. The highest BCUT2D eigenvalue weighted by Crippen LogP contribution is 2.64. The Kier molecular flexibility index (Phi) is 8.46. The van der Waals surface area contributed by atoms with Crippen molar-refractivity contribution < 1.29 is 29.0 Å². The molecule has 2 saturated heterocycles. The van der Waals surface area contributed by atoms with E-state index in [1.165, 1.54) is 11.0 Å². The second kappa shape index (κ2) is 12.9. The van der Waals surface area contributed by atoms with Crippen LogP contribution in [0, 0.1) is 30.6 Å². The normalized spacial score (nSPS) is 26.2. The van der Waals surface area contributed by atoms with E-state index in [-0.39, 0.29) is 35.4 Å². The van der Waals surface area contributed by atoms with E-state index < -0.39 is 46.8 Å². The van der Waals surface area contributed by atoms with Crippen molar-refractivity contribution >= 4 is 64.3 Å². The van der Waals surface area contributed by atoms with Crippen LogP contribution in [0.15, 0.2) is 103 Å². The topological polar surface area (TPSA) is 116 Å². The summed E-state index contributed by atoms with van der Waals surface area (Å²) in [5.74, 6) is -4.63. The number of hydrazine groups is 1. The first-order valence-corrected chi connectivity index (χ1v) is 18.1. The van der Waals surface area contributed by atoms with E-state index in [0.717, 1.165) is 16.1 Å². The Morgan fingerprint density at radius 3 is 2.30 bits per heavy atom. The molecule has 9 nitrogen and oxygen atoms in total. The van der Waals surface area contributed by atoms with Crippen molar-refractivity contribution in [2.24, 2.45) is 23.7 Å². The Hall–Kier alpha value is -5.38. The number of benzene rings is 4. The van der Waals surface area contributed by atoms with Crippen molar-refractivity contribution in [1.29, 1.82) is 0 Å². The van der Waals surface area contributed by atoms with E-state index in [2.05, 4.69) is 12.0 Å². The number of carbonyl (C=O) groups is 4. The Morgan fingerprint density at radius 2 is 1.64 bits per heavy atom. The van der Waals surface area contributed by atoms with Crippen LogP contribution < -0.4 is 15.1 Å². The second-order valence-electron chi connectivity index (χ2n) is 14.1. The zero-order valence-electron chi connectivity index (χ0n) is 28.9. The van der Waals surface area contributed by atoms with Gasteiger partial charge in [-0.25, -0.2) is 0 Å². The van der Waals surface area contributed by atoms with Crippen molar-refractivity contribution in [2.45, 2.75) is 31.1 Å². The average Bonchev–Trinajstić information content (AvgIpc) is 3.54. The number of fused-ring (bicyclic) bond motifs is 4. The fourth-order valence-corrected chi connectivity index (χ4v) is 9.54. The molecule has 0 radical (unpaired) electrons. The zero-order chi connectivity index (χ0) is 37.3. The number of phenolic OH excluding ortho intramolecular Hbond substituents is 1. The number of ether oxygens (including phenoxy) is 1. The molecule has 3 fully saturated rings. The summed E-state index contributed by atoms with van der Waals surface area (Å²) in [6.45, 7) is 5.57. The molecule has 0 unspecified atom stereocenters. The summed E-state index contributed by atoms with van der Waals surface area (Å²) in [4.78, 5) is 60.2. The standard InChI is InChI=1S/C42H35Cl2N3O6/c1-4-23-5-11-27(12-6-23)46-38(49)30-16-15-29-31(36(30)40(46)51)21-32-39(50)47(45-34-17-10-26(43)20-33(34)44)41(52)42(32,25-8-13-28(53-3)14-9-25)37(29)24-7-18-35(48)22(2)19-24/h4-15,17-20,30-32,36-37,45,48H,1,16,21H2,2-3H3/t30-,31+,32-,36-,37-,42+/m0/s1. The molecule has 4 aliphatic rings. The number of methoxy groups -OCH3 is 1. The van der Waals surface area contributed by atoms with Crippen LogP contribution in [0.4, 0.5) is 11.4 Å². The minimum atomic E-state index is -1.50. The number of imide groups is 2. The van der Waals surface area contributed by atoms with Gasteiger partial charge in [0.15, 0.2) is 0 Å². The number of nitrogens with zero attached hydrogens (tertiary/aromatic N) is 2. The van der Waals surface area contributed by atoms with E-state index in [0.29, 0.717) is 38.8 Å². The number of hydrogen-bond acceptors (Lipinski definition) is 7. The Bertz CT molecular complexity index is 2250.